The molecule has 0 spiro atoms. The molecule has 118 valence electrons. The topological polar surface area (TPSA) is 75.0 Å². The summed E-state index contributed by atoms with van der Waals surface area (Å²) in [6.45, 7) is 4.66. The van der Waals surface area contributed by atoms with E-state index in [0.717, 1.165) is 44.2 Å². The van der Waals surface area contributed by atoms with E-state index in [1.807, 2.05) is 18.0 Å². The van der Waals surface area contributed by atoms with Crippen molar-refractivity contribution in [1.82, 2.24) is 20.1 Å². The molecule has 1 saturated heterocycles. The van der Waals surface area contributed by atoms with Gasteiger partial charge in [0.05, 0.1) is 17.9 Å². The Kier molecular flexibility index (Phi) is 4.27. The molecule has 6 heteroatoms. The summed E-state index contributed by atoms with van der Waals surface area (Å²) >= 11 is 0. The number of hydrogen-bond donors (Lipinski definition) is 1. The van der Waals surface area contributed by atoms with Gasteiger partial charge >= 0.3 is 0 Å². The molecular formula is C16H22N4O2. The first-order valence-electron chi connectivity index (χ1n) is 7.96. The summed E-state index contributed by atoms with van der Waals surface area (Å²) in [7, 11) is 0. The largest absolute Gasteiger partial charge is 0.435 e. The molecule has 3 rings (SSSR count). The Bertz CT molecular complexity index is 633. The van der Waals surface area contributed by atoms with Crippen LogP contribution in [0.25, 0.3) is 0 Å². The molecule has 0 aromatic carbocycles. The van der Waals surface area contributed by atoms with Gasteiger partial charge in [0, 0.05) is 24.7 Å². The lowest BCUT2D eigenvalue weighted by Gasteiger charge is -2.34. The number of aromatic nitrogens is 3. The fraction of sp³-hybridized carbons (Fsp3) is 0.562. The number of hydrogen-bond acceptors (Lipinski definition) is 4. The summed E-state index contributed by atoms with van der Waals surface area (Å²) in [6.07, 6.45) is 8.48. The molecule has 1 aliphatic rings. The molecule has 22 heavy (non-hydrogen) atoms. The van der Waals surface area contributed by atoms with Crippen LogP contribution in [-0.4, -0.2) is 32.5 Å². The molecule has 6 nitrogen and oxygen atoms in total. The number of aromatic amines is 1. The molecule has 1 N–H and O–H groups in total. The van der Waals surface area contributed by atoms with E-state index in [1.54, 1.807) is 6.20 Å². The van der Waals surface area contributed by atoms with Crippen LogP contribution in [0.2, 0.25) is 0 Å². The van der Waals surface area contributed by atoms with E-state index in [9.17, 15) is 4.79 Å². The number of nitrogens with one attached hydrogen (secondary N) is 1. The van der Waals surface area contributed by atoms with E-state index in [2.05, 4.69) is 22.1 Å². The zero-order chi connectivity index (χ0) is 15.5. The van der Waals surface area contributed by atoms with Gasteiger partial charge in [0.25, 0.3) is 5.91 Å². The first kappa shape index (κ1) is 14.8. The molecular weight excluding hydrogens is 280 g/mol. The van der Waals surface area contributed by atoms with Crippen molar-refractivity contribution >= 4 is 5.91 Å². The minimum Gasteiger partial charge on any atom is -0.435 e. The highest BCUT2D eigenvalue weighted by Gasteiger charge is 2.32. The highest BCUT2D eigenvalue weighted by Crippen LogP contribution is 2.32. The summed E-state index contributed by atoms with van der Waals surface area (Å²) in [5.74, 6) is 0.984. The first-order valence-corrected chi connectivity index (χ1v) is 7.96. The summed E-state index contributed by atoms with van der Waals surface area (Å²) in [6, 6.07) is 0.0686. The van der Waals surface area contributed by atoms with E-state index in [1.165, 1.54) is 0 Å². The Hall–Kier alpha value is -2.11. The monoisotopic (exact) mass is 302 g/mol. The molecule has 0 radical (unpaired) electrons. The maximum absolute atomic E-state index is 12.9. The number of carbonyl (C=O) groups excluding carboxylic acids is 1. The molecule has 0 saturated carbocycles. The zero-order valence-electron chi connectivity index (χ0n) is 13.1. The van der Waals surface area contributed by atoms with Gasteiger partial charge in [0.2, 0.25) is 5.76 Å². The number of amides is 1. The van der Waals surface area contributed by atoms with Crippen molar-refractivity contribution in [3.05, 3.63) is 35.3 Å². The number of carbonyl (C=O) groups is 1. The number of nitrogens with zero attached hydrogens (tertiary/aromatic N) is 3. The predicted molar refractivity (Wildman–Crippen MR) is 81.5 cm³/mol. The molecule has 0 aliphatic carbocycles. The number of oxazole rings is 1. The quantitative estimate of drug-likeness (QED) is 0.942. The number of likely N-dealkylation sites (tertiary alicyclic amines) is 1. The fourth-order valence-electron chi connectivity index (χ4n) is 3.07. The Balaban J connectivity index is 1.86. The van der Waals surface area contributed by atoms with Gasteiger partial charge < -0.3 is 9.32 Å². The molecule has 2 aromatic heterocycles. The lowest BCUT2D eigenvalue weighted by Crippen LogP contribution is -2.38. The zero-order valence-corrected chi connectivity index (χ0v) is 13.1. The second-order valence-corrected chi connectivity index (χ2v) is 5.81. The van der Waals surface area contributed by atoms with Crippen molar-refractivity contribution in [3.8, 4) is 0 Å². The van der Waals surface area contributed by atoms with Gasteiger partial charge in [0.1, 0.15) is 0 Å². The third-order valence-corrected chi connectivity index (χ3v) is 4.17. The molecule has 1 atom stereocenters. The van der Waals surface area contributed by atoms with Crippen molar-refractivity contribution in [2.24, 2.45) is 0 Å². The van der Waals surface area contributed by atoms with Gasteiger partial charge in [0.15, 0.2) is 5.89 Å². The van der Waals surface area contributed by atoms with Crippen LogP contribution < -0.4 is 0 Å². The third-order valence-electron chi connectivity index (χ3n) is 4.17. The van der Waals surface area contributed by atoms with Crippen molar-refractivity contribution in [2.45, 2.75) is 52.0 Å². The van der Waals surface area contributed by atoms with Crippen molar-refractivity contribution in [3.63, 3.8) is 0 Å². The third kappa shape index (κ3) is 2.77. The van der Waals surface area contributed by atoms with Crippen LogP contribution in [0.3, 0.4) is 0 Å². The van der Waals surface area contributed by atoms with E-state index in [4.69, 9.17) is 4.42 Å². The van der Waals surface area contributed by atoms with Gasteiger partial charge in [-0.05, 0) is 32.6 Å². The molecule has 0 bridgehead atoms. The summed E-state index contributed by atoms with van der Waals surface area (Å²) in [5.41, 5.74) is 1.74. The van der Waals surface area contributed by atoms with Gasteiger partial charge in [-0.2, -0.15) is 5.10 Å². The maximum atomic E-state index is 12.9. The van der Waals surface area contributed by atoms with Crippen LogP contribution in [-0.2, 0) is 6.42 Å². The van der Waals surface area contributed by atoms with Crippen LogP contribution >= 0.6 is 0 Å². The number of rotatable bonds is 4. The van der Waals surface area contributed by atoms with Crippen molar-refractivity contribution < 1.29 is 9.21 Å². The van der Waals surface area contributed by atoms with Crippen LogP contribution in [0.1, 0.15) is 66.4 Å². The fourth-order valence-corrected chi connectivity index (χ4v) is 3.07. The molecule has 1 amide bonds. The molecule has 1 unspecified atom stereocenters. The Labute approximate surface area is 129 Å². The number of H-pyrrole nitrogens is 1. The van der Waals surface area contributed by atoms with Gasteiger partial charge in [-0.1, -0.05) is 6.92 Å². The van der Waals surface area contributed by atoms with Gasteiger partial charge in [-0.15, -0.1) is 0 Å². The van der Waals surface area contributed by atoms with Crippen LogP contribution in [0.5, 0.6) is 0 Å². The van der Waals surface area contributed by atoms with E-state index in [-0.39, 0.29) is 11.9 Å². The maximum Gasteiger partial charge on any atom is 0.292 e. The summed E-state index contributed by atoms with van der Waals surface area (Å²) in [5, 5.41) is 6.85. The van der Waals surface area contributed by atoms with Crippen LogP contribution in [0.4, 0.5) is 0 Å². The standard InChI is InChI=1S/C16H22N4O2/c1-3-6-14-19-11(2)15(22-14)16(21)20-8-5-4-7-13(20)12-9-17-18-10-12/h9-10,13H,3-8H2,1-2H3,(H,17,18). The van der Waals surface area contributed by atoms with Crippen LogP contribution in [0.15, 0.2) is 16.8 Å². The SMILES string of the molecule is CCCc1nc(C)c(C(=O)N2CCCCC2c2cn[nH]c2)o1. The second kappa shape index (κ2) is 6.34. The smallest absolute Gasteiger partial charge is 0.292 e. The minimum absolute atomic E-state index is 0.0572. The second-order valence-electron chi connectivity index (χ2n) is 5.81. The van der Waals surface area contributed by atoms with Crippen molar-refractivity contribution in [2.75, 3.05) is 6.54 Å². The van der Waals surface area contributed by atoms with E-state index in [0.29, 0.717) is 17.3 Å². The summed E-state index contributed by atoms with van der Waals surface area (Å²) < 4.78 is 5.71. The average Bonchev–Trinajstić information content (AvgIpc) is 3.17. The first-order chi connectivity index (χ1) is 10.7. The normalized spacial score (nSPS) is 18.6. The minimum atomic E-state index is -0.0572. The molecule has 2 aromatic rings. The number of aryl methyl sites for hydroxylation is 2. The Morgan fingerprint density at radius 3 is 3.09 bits per heavy atom. The molecule has 1 aliphatic heterocycles. The number of piperidine rings is 1. The lowest BCUT2D eigenvalue weighted by atomic mass is 9.97. The Morgan fingerprint density at radius 2 is 2.36 bits per heavy atom. The van der Waals surface area contributed by atoms with Crippen LogP contribution in [0, 0.1) is 6.92 Å². The van der Waals surface area contributed by atoms with Gasteiger partial charge in [-0.3, -0.25) is 9.89 Å². The van der Waals surface area contributed by atoms with E-state index < -0.39 is 0 Å². The average molecular weight is 302 g/mol. The van der Waals surface area contributed by atoms with E-state index >= 15 is 0 Å². The molecule has 1 fully saturated rings. The summed E-state index contributed by atoms with van der Waals surface area (Å²) in [4.78, 5) is 19.2. The molecule has 3 heterocycles. The Morgan fingerprint density at radius 1 is 1.50 bits per heavy atom. The highest BCUT2D eigenvalue weighted by molar-refractivity contribution is 5.92. The predicted octanol–water partition coefficient (Wildman–Crippen LogP) is 3.03. The highest BCUT2D eigenvalue weighted by atomic mass is 16.4. The van der Waals surface area contributed by atoms with Gasteiger partial charge in [-0.25, -0.2) is 4.98 Å². The lowest BCUT2D eigenvalue weighted by molar-refractivity contribution is 0.0576. The van der Waals surface area contributed by atoms with Crippen molar-refractivity contribution in [1.29, 1.82) is 0 Å².